The number of nitrogens with one attached hydrogen (secondary N) is 1. The number of benzene rings is 1. The lowest BCUT2D eigenvalue weighted by Gasteiger charge is -2.16. The van der Waals surface area contributed by atoms with E-state index in [1.807, 2.05) is 0 Å². The fraction of sp³-hybridized carbons (Fsp3) is 0.462. The van der Waals surface area contributed by atoms with E-state index in [0.29, 0.717) is 17.2 Å². The number of hydrogen-bond acceptors (Lipinski definition) is 5. The van der Waals surface area contributed by atoms with Crippen molar-refractivity contribution in [1.82, 2.24) is 5.32 Å². The second-order valence-corrected chi connectivity index (χ2v) is 4.02. The molecule has 1 aromatic carbocycles. The van der Waals surface area contributed by atoms with Gasteiger partial charge in [-0.25, -0.2) is 0 Å². The molecule has 0 radical (unpaired) electrons. The van der Waals surface area contributed by atoms with Gasteiger partial charge in [-0.3, -0.25) is 4.79 Å². The van der Waals surface area contributed by atoms with Gasteiger partial charge in [0, 0.05) is 12.1 Å². The average Bonchev–Trinajstić information content (AvgIpc) is 2.43. The van der Waals surface area contributed by atoms with E-state index in [1.54, 1.807) is 40.4 Å². The van der Waals surface area contributed by atoms with Crippen LogP contribution < -0.4 is 25.3 Å². The molecule has 0 aliphatic rings. The normalized spacial score (nSPS) is 11.6. The number of hydrogen-bond donors (Lipinski definition) is 2. The van der Waals surface area contributed by atoms with Crippen molar-refractivity contribution in [2.45, 2.75) is 19.5 Å². The maximum absolute atomic E-state index is 11.5. The molecule has 0 heterocycles. The van der Waals surface area contributed by atoms with Crippen LogP contribution in [0.3, 0.4) is 0 Å². The van der Waals surface area contributed by atoms with Crippen molar-refractivity contribution in [2.75, 3.05) is 21.3 Å². The smallest absolute Gasteiger partial charge is 0.236 e. The second-order valence-electron chi connectivity index (χ2n) is 4.02. The summed E-state index contributed by atoms with van der Waals surface area (Å²) in [6, 6.07) is 2.90. The maximum Gasteiger partial charge on any atom is 0.236 e. The van der Waals surface area contributed by atoms with Gasteiger partial charge in [-0.2, -0.15) is 0 Å². The van der Waals surface area contributed by atoms with Crippen molar-refractivity contribution < 1.29 is 19.0 Å². The van der Waals surface area contributed by atoms with E-state index in [2.05, 4.69) is 5.32 Å². The van der Waals surface area contributed by atoms with Crippen LogP contribution in [0.5, 0.6) is 17.2 Å². The summed E-state index contributed by atoms with van der Waals surface area (Å²) < 4.78 is 15.7. The minimum atomic E-state index is -0.560. The molecule has 19 heavy (non-hydrogen) atoms. The first kappa shape index (κ1) is 15.1. The monoisotopic (exact) mass is 268 g/mol. The molecule has 1 atom stereocenters. The highest BCUT2D eigenvalue weighted by molar-refractivity contribution is 5.81. The Morgan fingerprint density at radius 3 is 2.11 bits per heavy atom. The molecule has 0 spiro atoms. The van der Waals surface area contributed by atoms with Gasteiger partial charge in [0.25, 0.3) is 0 Å². The average molecular weight is 268 g/mol. The molecule has 0 aromatic heterocycles. The number of carbonyl (C=O) groups is 1. The third-order valence-electron chi connectivity index (χ3n) is 2.67. The summed E-state index contributed by atoms with van der Waals surface area (Å²) in [5.74, 6) is 1.55. The Labute approximate surface area is 112 Å². The lowest BCUT2D eigenvalue weighted by Crippen LogP contribution is -2.37. The third-order valence-corrected chi connectivity index (χ3v) is 2.67. The number of carbonyl (C=O) groups excluding carboxylic acids is 1. The van der Waals surface area contributed by atoms with Crippen molar-refractivity contribution in [3.8, 4) is 17.2 Å². The van der Waals surface area contributed by atoms with Crippen LogP contribution in [-0.4, -0.2) is 33.3 Å². The Morgan fingerprint density at radius 1 is 1.21 bits per heavy atom. The summed E-state index contributed by atoms with van der Waals surface area (Å²) in [4.78, 5) is 11.5. The van der Waals surface area contributed by atoms with Gasteiger partial charge in [0.1, 0.15) is 17.2 Å². The van der Waals surface area contributed by atoms with Gasteiger partial charge < -0.3 is 25.3 Å². The van der Waals surface area contributed by atoms with E-state index in [1.165, 1.54) is 0 Å². The van der Waals surface area contributed by atoms with Crippen LogP contribution in [0.1, 0.15) is 12.5 Å². The number of methoxy groups -OCH3 is 3. The highest BCUT2D eigenvalue weighted by atomic mass is 16.5. The molecule has 0 saturated carbocycles. The lowest BCUT2D eigenvalue weighted by atomic mass is 10.1. The first-order valence-corrected chi connectivity index (χ1v) is 5.85. The molecule has 1 amide bonds. The predicted molar refractivity (Wildman–Crippen MR) is 71.6 cm³/mol. The van der Waals surface area contributed by atoms with Crippen LogP contribution in [0.25, 0.3) is 0 Å². The van der Waals surface area contributed by atoms with Crippen LogP contribution in [0.2, 0.25) is 0 Å². The van der Waals surface area contributed by atoms with E-state index in [4.69, 9.17) is 19.9 Å². The second kappa shape index (κ2) is 6.84. The van der Waals surface area contributed by atoms with Crippen LogP contribution >= 0.6 is 0 Å². The van der Waals surface area contributed by atoms with Gasteiger partial charge in [0.05, 0.1) is 39.5 Å². The Morgan fingerprint density at radius 2 is 1.74 bits per heavy atom. The topological polar surface area (TPSA) is 82.8 Å². The van der Waals surface area contributed by atoms with Crippen molar-refractivity contribution in [3.05, 3.63) is 17.7 Å². The Bertz CT molecular complexity index is 421. The highest BCUT2D eigenvalue weighted by Gasteiger charge is 2.15. The van der Waals surface area contributed by atoms with Crippen molar-refractivity contribution in [1.29, 1.82) is 0 Å². The van der Waals surface area contributed by atoms with Crippen molar-refractivity contribution >= 4 is 5.91 Å². The molecule has 0 aliphatic heterocycles. The largest absolute Gasteiger partial charge is 0.496 e. The van der Waals surface area contributed by atoms with Crippen LogP contribution in [0.15, 0.2) is 12.1 Å². The molecule has 0 bridgehead atoms. The first-order chi connectivity index (χ1) is 9.03. The minimum Gasteiger partial charge on any atom is -0.496 e. The summed E-state index contributed by atoms with van der Waals surface area (Å²) in [5, 5.41) is 2.72. The highest BCUT2D eigenvalue weighted by Crippen LogP contribution is 2.33. The lowest BCUT2D eigenvalue weighted by molar-refractivity contribution is -0.122. The summed E-state index contributed by atoms with van der Waals surface area (Å²) in [6.45, 7) is 1.90. The third kappa shape index (κ3) is 3.75. The molecule has 106 valence electrons. The fourth-order valence-electron chi connectivity index (χ4n) is 1.59. The van der Waals surface area contributed by atoms with Crippen molar-refractivity contribution in [2.24, 2.45) is 5.73 Å². The molecule has 1 aromatic rings. The van der Waals surface area contributed by atoms with E-state index < -0.39 is 6.04 Å². The molecule has 0 aliphatic carbocycles. The Hall–Kier alpha value is -1.95. The molecule has 0 saturated heterocycles. The van der Waals surface area contributed by atoms with E-state index in [0.717, 1.165) is 5.56 Å². The zero-order valence-corrected chi connectivity index (χ0v) is 11.6. The zero-order valence-electron chi connectivity index (χ0n) is 11.6. The van der Waals surface area contributed by atoms with E-state index in [-0.39, 0.29) is 12.5 Å². The number of ether oxygens (including phenoxy) is 3. The zero-order chi connectivity index (χ0) is 14.4. The first-order valence-electron chi connectivity index (χ1n) is 5.85. The van der Waals surface area contributed by atoms with Gasteiger partial charge in [-0.15, -0.1) is 0 Å². The minimum absolute atomic E-state index is 0.236. The summed E-state index contributed by atoms with van der Waals surface area (Å²) in [5.41, 5.74) is 6.23. The molecule has 0 unspecified atom stereocenters. The molecule has 1 rings (SSSR count). The van der Waals surface area contributed by atoms with Gasteiger partial charge in [0.2, 0.25) is 5.91 Å². The Kier molecular flexibility index (Phi) is 5.44. The van der Waals surface area contributed by atoms with Crippen LogP contribution in [-0.2, 0) is 11.3 Å². The predicted octanol–water partition coefficient (Wildman–Crippen LogP) is 0.676. The summed E-state index contributed by atoms with van der Waals surface area (Å²) in [7, 11) is 4.65. The quantitative estimate of drug-likeness (QED) is 0.792. The summed E-state index contributed by atoms with van der Waals surface area (Å²) >= 11 is 0. The van der Waals surface area contributed by atoms with Crippen LogP contribution in [0, 0.1) is 0 Å². The van der Waals surface area contributed by atoms with Gasteiger partial charge in [0.15, 0.2) is 0 Å². The van der Waals surface area contributed by atoms with Gasteiger partial charge >= 0.3 is 0 Å². The van der Waals surface area contributed by atoms with Gasteiger partial charge in [-0.05, 0) is 6.92 Å². The molecule has 0 fully saturated rings. The molecule has 6 nitrogen and oxygen atoms in total. The number of rotatable bonds is 6. The molecule has 6 heteroatoms. The fourth-order valence-corrected chi connectivity index (χ4v) is 1.59. The number of nitrogens with two attached hydrogens (primary N) is 1. The standard InChI is InChI=1S/C13H20N2O4/c1-8(14)13(16)15-7-10-11(18-3)5-9(17-2)6-12(10)19-4/h5-6,8H,7,14H2,1-4H3,(H,15,16)/t8-/m0/s1. The van der Waals surface area contributed by atoms with E-state index in [9.17, 15) is 4.79 Å². The van der Waals surface area contributed by atoms with Crippen LogP contribution in [0.4, 0.5) is 0 Å². The molecular weight excluding hydrogens is 248 g/mol. The van der Waals surface area contributed by atoms with Gasteiger partial charge in [-0.1, -0.05) is 0 Å². The SMILES string of the molecule is COc1cc(OC)c(CNC(=O)[C@H](C)N)c(OC)c1. The summed E-state index contributed by atoms with van der Waals surface area (Å²) in [6.07, 6.45) is 0. The van der Waals surface area contributed by atoms with E-state index >= 15 is 0 Å². The molecule has 3 N–H and O–H groups in total. The van der Waals surface area contributed by atoms with Crippen molar-refractivity contribution in [3.63, 3.8) is 0 Å². The number of amides is 1. The maximum atomic E-state index is 11.5. The molecular formula is C13H20N2O4. The Balaban J connectivity index is 3.00.